The van der Waals surface area contributed by atoms with E-state index in [9.17, 15) is 9.59 Å². The first-order valence-electron chi connectivity index (χ1n) is 7.58. The van der Waals surface area contributed by atoms with Crippen LogP contribution in [-0.2, 0) is 4.79 Å². The molecular formula is C17H21NO4S. The zero-order chi connectivity index (χ0) is 16.8. The maximum absolute atomic E-state index is 12.4. The molecule has 23 heavy (non-hydrogen) atoms. The smallest absolute Gasteiger partial charge is 0.293 e. The summed E-state index contributed by atoms with van der Waals surface area (Å²) in [5.41, 5.74) is 0.793. The normalized spacial score (nSPS) is 16.3. The summed E-state index contributed by atoms with van der Waals surface area (Å²) >= 11 is 0.985. The van der Waals surface area contributed by atoms with Gasteiger partial charge >= 0.3 is 0 Å². The third-order valence-corrected chi connectivity index (χ3v) is 4.47. The predicted molar refractivity (Wildman–Crippen MR) is 91.7 cm³/mol. The van der Waals surface area contributed by atoms with Gasteiger partial charge in [0.15, 0.2) is 11.5 Å². The summed E-state index contributed by atoms with van der Waals surface area (Å²) < 4.78 is 10.4. The zero-order valence-corrected chi connectivity index (χ0v) is 14.4. The van der Waals surface area contributed by atoms with Gasteiger partial charge in [-0.2, -0.15) is 0 Å². The number of carbonyl (C=O) groups excluding carboxylic acids is 2. The van der Waals surface area contributed by atoms with Crippen LogP contribution in [0.5, 0.6) is 11.5 Å². The van der Waals surface area contributed by atoms with Crippen molar-refractivity contribution in [1.29, 1.82) is 0 Å². The second-order valence-corrected chi connectivity index (χ2v) is 6.15. The SMILES string of the molecule is CCCCCN1C(=O)S/C(=C\c2ccc(OC)c(OC)c2)C1=O. The van der Waals surface area contributed by atoms with Gasteiger partial charge in [-0.25, -0.2) is 0 Å². The maximum atomic E-state index is 12.4. The molecule has 1 saturated heterocycles. The van der Waals surface area contributed by atoms with Crippen LogP contribution in [0.2, 0.25) is 0 Å². The Labute approximate surface area is 140 Å². The highest BCUT2D eigenvalue weighted by atomic mass is 32.2. The highest BCUT2D eigenvalue weighted by Crippen LogP contribution is 2.34. The number of methoxy groups -OCH3 is 2. The lowest BCUT2D eigenvalue weighted by Gasteiger charge is -2.11. The Bertz CT molecular complexity index is 627. The first-order chi connectivity index (χ1) is 11.1. The standard InChI is InChI=1S/C17H21NO4S/c1-4-5-6-9-18-16(19)15(23-17(18)20)11-12-7-8-13(21-2)14(10-12)22-3/h7-8,10-11H,4-6,9H2,1-3H3/b15-11-. The third-order valence-electron chi connectivity index (χ3n) is 3.56. The summed E-state index contributed by atoms with van der Waals surface area (Å²) in [7, 11) is 3.13. The Morgan fingerprint density at radius 2 is 1.87 bits per heavy atom. The molecule has 0 unspecified atom stereocenters. The quantitative estimate of drug-likeness (QED) is 0.558. The van der Waals surface area contributed by atoms with Crippen LogP contribution in [0.15, 0.2) is 23.1 Å². The molecule has 0 aliphatic carbocycles. The van der Waals surface area contributed by atoms with Gasteiger partial charge in [0.25, 0.3) is 11.1 Å². The van der Waals surface area contributed by atoms with Crippen molar-refractivity contribution in [3.05, 3.63) is 28.7 Å². The molecule has 5 nitrogen and oxygen atoms in total. The van der Waals surface area contributed by atoms with Gasteiger partial charge in [-0.1, -0.05) is 25.8 Å². The Balaban J connectivity index is 2.17. The lowest BCUT2D eigenvalue weighted by atomic mass is 10.2. The molecular weight excluding hydrogens is 314 g/mol. The van der Waals surface area contributed by atoms with Crippen LogP contribution in [0.1, 0.15) is 31.7 Å². The monoisotopic (exact) mass is 335 g/mol. The van der Waals surface area contributed by atoms with Gasteiger partial charge in [0.05, 0.1) is 19.1 Å². The van der Waals surface area contributed by atoms with Crippen molar-refractivity contribution in [2.45, 2.75) is 26.2 Å². The molecule has 1 heterocycles. The summed E-state index contributed by atoms with van der Waals surface area (Å²) in [6.45, 7) is 2.58. The summed E-state index contributed by atoms with van der Waals surface area (Å²) in [5, 5.41) is -0.196. The first-order valence-corrected chi connectivity index (χ1v) is 8.39. The second-order valence-electron chi connectivity index (χ2n) is 5.15. The summed E-state index contributed by atoms with van der Waals surface area (Å²) in [5.74, 6) is 0.992. The molecule has 1 aromatic rings. The Morgan fingerprint density at radius 1 is 1.13 bits per heavy atom. The van der Waals surface area contributed by atoms with E-state index in [-0.39, 0.29) is 11.1 Å². The fourth-order valence-corrected chi connectivity index (χ4v) is 3.17. The van der Waals surface area contributed by atoms with E-state index in [1.165, 1.54) is 4.90 Å². The molecule has 2 rings (SSSR count). The topological polar surface area (TPSA) is 55.8 Å². The second kappa shape index (κ2) is 8.06. The van der Waals surface area contributed by atoms with Gasteiger partial charge in [0.1, 0.15) is 0 Å². The molecule has 0 atom stereocenters. The number of hydrogen-bond acceptors (Lipinski definition) is 5. The average molecular weight is 335 g/mol. The number of thioether (sulfide) groups is 1. The molecule has 0 radical (unpaired) electrons. The Hall–Kier alpha value is -1.95. The van der Waals surface area contributed by atoms with Crippen LogP contribution >= 0.6 is 11.8 Å². The number of ether oxygens (including phenoxy) is 2. The number of hydrogen-bond donors (Lipinski definition) is 0. The minimum Gasteiger partial charge on any atom is -0.493 e. The van der Waals surface area contributed by atoms with Crippen LogP contribution in [0.4, 0.5) is 4.79 Å². The number of unbranched alkanes of at least 4 members (excludes halogenated alkanes) is 2. The van der Waals surface area contributed by atoms with E-state index in [0.717, 1.165) is 36.6 Å². The van der Waals surface area contributed by atoms with Crippen molar-refractivity contribution in [1.82, 2.24) is 4.90 Å². The first kappa shape index (κ1) is 17.4. The highest BCUT2D eigenvalue weighted by Gasteiger charge is 2.34. The number of nitrogens with zero attached hydrogens (tertiary/aromatic N) is 1. The molecule has 0 spiro atoms. The van der Waals surface area contributed by atoms with Gasteiger partial charge in [-0.15, -0.1) is 0 Å². The van der Waals surface area contributed by atoms with E-state index in [2.05, 4.69) is 6.92 Å². The van der Waals surface area contributed by atoms with Crippen LogP contribution in [0, 0.1) is 0 Å². The van der Waals surface area contributed by atoms with Gasteiger partial charge in [-0.3, -0.25) is 14.5 Å². The Morgan fingerprint density at radius 3 is 2.52 bits per heavy atom. The number of carbonyl (C=O) groups is 2. The van der Waals surface area contributed by atoms with Crippen molar-refractivity contribution >= 4 is 29.0 Å². The van der Waals surface area contributed by atoms with Crippen LogP contribution in [0.3, 0.4) is 0 Å². The number of amides is 2. The van der Waals surface area contributed by atoms with E-state index in [1.54, 1.807) is 32.4 Å². The lowest BCUT2D eigenvalue weighted by Crippen LogP contribution is -2.29. The van der Waals surface area contributed by atoms with E-state index < -0.39 is 0 Å². The van der Waals surface area contributed by atoms with Gasteiger partial charge in [0.2, 0.25) is 0 Å². The molecule has 1 aliphatic rings. The molecule has 1 fully saturated rings. The van der Waals surface area contributed by atoms with E-state index >= 15 is 0 Å². The fraction of sp³-hybridized carbons (Fsp3) is 0.412. The molecule has 124 valence electrons. The van der Waals surface area contributed by atoms with Crippen LogP contribution in [-0.4, -0.2) is 36.8 Å². The minimum absolute atomic E-state index is 0.196. The maximum Gasteiger partial charge on any atom is 0.293 e. The van der Waals surface area contributed by atoms with Crippen molar-refractivity contribution in [3.63, 3.8) is 0 Å². The molecule has 1 aromatic carbocycles. The number of imide groups is 1. The number of rotatable bonds is 7. The fourth-order valence-electron chi connectivity index (χ4n) is 2.31. The van der Waals surface area contributed by atoms with Gasteiger partial charge in [0, 0.05) is 6.54 Å². The molecule has 0 aromatic heterocycles. The highest BCUT2D eigenvalue weighted by molar-refractivity contribution is 8.18. The summed E-state index contributed by atoms with van der Waals surface area (Å²) in [6, 6.07) is 5.38. The van der Waals surface area contributed by atoms with Gasteiger partial charge in [-0.05, 0) is 42.0 Å². The predicted octanol–water partition coefficient (Wildman–Crippen LogP) is 3.93. The molecule has 6 heteroatoms. The molecule has 0 bridgehead atoms. The molecule has 0 N–H and O–H groups in total. The van der Waals surface area contributed by atoms with E-state index in [0.29, 0.717) is 22.9 Å². The van der Waals surface area contributed by atoms with Crippen molar-refractivity contribution in [3.8, 4) is 11.5 Å². The third kappa shape index (κ3) is 4.07. The summed E-state index contributed by atoms with van der Waals surface area (Å²) in [4.78, 5) is 26.1. The number of benzene rings is 1. The zero-order valence-electron chi connectivity index (χ0n) is 13.6. The molecule has 2 amide bonds. The molecule has 1 aliphatic heterocycles. The van der Waals surface area contributed by atoms with E-state index in [1.807, 2.05) is 6.07 Å². The largest absolute Gasteiger partial charge is 0.493 e. The molecule has 0 saturated carbocycles. The Kier molecular flexibility index (Phi) is 6.10. The average Bonchev–Trinajstić information content (AvgIpc) is 2.82. The van der Waals surface area contributed by atoms with Crippen molar-refractivity contribution in [2.75, 3.05) is 20.8 Å². The van der Waals surface area contributed by atoms with E-state index in [4.69, 9.17) is 9.47 Å². The van der Waals surface area contributed by atoms with Crippen molar-refractivity contribution in [2.24, 2.45) is 0 Å². The van der Waals surface area contributed by atoms with Crippen LogP contribution < -0.4 is 9.47 Å². The van der Waals surface area contributed by atoms with Gasteiger partial charge < -0.3 is 9.47 Å². The van der Waals surface area contributed by atoms with Crippen molar-refractivity contribution < 1.29 is 19.1 Å². The minimum atomic E-state index is -0.217. The summed E-state index contributed by atoms with van der Waals surface area (Å²) in [6.07, 6.45) is 4.62. The lowest BCUT2D eigenvalue weighted by molar-refractivity contribution is -0.122. The van der Waals surface area contributed by atoms with Crippen LogP contribution in [0.25, 0.3) is 6.08 Å².